The Morgan fingerprint density at radius 2 is 2.04 bits per heavy atom. The number of carbonyl (C=O) groups excluding carboxylic acids is 1. The maximum atomic E-state index is 12.9. The van der Waals surface area contributed by atoms with E-state index in [1.54, 1.807) is 0 Å². The van der Waals surface area contributed by atoms with Crippen molar-refractivity contribution in [2.24, 2.45) is 0 Å². The van der Waals surface area contributed by atoms with Gasteiger partial charge in [-0.25, -0.2) is 4.79 Å². The van der Waals surface area contributed by atoms with Crippen LogP contribution in [0.25, 0.3) is 0 Å². The van der Waals surface area contributed by atoms with E-state index in [4.69, 9.17) is 4.74 Å². The molecule has 1 N–H and O–H groups in total. The van der Waals surface area contributed by atoms with E-state index in [1.165, 1.54) is 5.69 Å². The third kappa shape index (κ3) is 4.94. The van der Waals surface area contributed by atoms with Crippen LogP contribution in [0.3, 0.4) is 0 Å². The summed E-state index contributed by atoms with van der Waals surface area (Å²) >= 11 is 0. The number of hydrogen-bond donors (Lipinski definition) is 1. The number of nitrogens with one attached hydrogen (secondary N) is 1. The van der Waals surface area contributed by atoms with Crippen LogP contribution in [0.5, 0.6) is 5.75 Å². The lowest BCUT2D eigenvalue weighted by Crippen LogP contribution is -2.38. The fourth-order valence-electron chi connectivity index (χ4n) is 3.35. The molecule has 0 saturated carbocycles. The van der Waals surface area contributed by atoms with E-state index in [1.807, 2.05) is 54.5 Å². The van der Waals surface area contributed by atoms with Crippen molar-refractivity contribution in [3.8, 4) is 5.75 Å². The Kier molecular flexibility index (Phi) is 6.74. The van der Waals surface area contributed by atoms with Crippen LogP contribution in [0.4, 0.5) is 16.2 Å². The van der Waals surface area contributed by atoms with E-state index in [0.29, 0.717) is 12.3 Å². The van der Waals surface area contributed by atoms with Crippen LogP contribution in [-0.2, 0) is 0 Å². The van der Waals surface area contributed by atoms with Crippen molar-refractivity contribution in [2.75, 3.05) is 36.4 Å². The van der Waals surface area contributed by atoms with Gasteiger partial charge in [-0.2, -0.15) is 0 Å². The summed E-state index contributed by atoms with van der Waals surface area (Å²) in [4.78, 5) is 21.3. The van der Waals surface area contributed by atoms with Crippen LogP contribution in [0.2, 0.25) is 0 Å². The van der Waals surface area contributed by atoms with Gasteiger partial charge in [-0.1, -0.05) is 19.1 Å². The van der Waals surface area contributed by atoms with E-state index >= 15 is 0 Å². The van der Waals surface area contributed by atoms with Gasteiger partial charge in [0.15, 0.2) is 0 Å². The lowest BCUT2D eigenvalue weighted by Gasteiger charge is -2.25. The first kappa shape index (κ1) is 20.0. The summed E-state index contributed by atoms with van der Waals surface area (Å²) in [5, 5.41) is 3.04. The zero-order valence-corrected chi connectivity index (χ0v) is 17.0. The van der Waals surface area contributed by atoms with Gasteiger partial charge in [0.1, 0.15) is 5.75 Å². The first-order valence-electron chi connectivity index (χ1n) is 10.1. The second-order valence-corrected chi connectivity index (χ2v) is 7.25. The first-order valence-corrected chi connectivity index (χ1v) is 10.1. The Morgan fingerprint density at radius 1 is 1.21 bits per heavy atom. The number of ether oxygens (including phenoxy) is 1. The third-order valence-electron chi connectivity index (χ3n) is 5.15. The van der Waals surface area contributed by atoms with Gasteiger partial charge < -0.3 is 19.9 Å². The minimum atomic E-state index is -0.0755. The minimum Gasteiger partial charge on any atom is -0.489 e. The van der Waals surface area contributed by atoms with Crippen molar-refractivity contribution < 1.29 is 9.53 Å². The Balaban J connectivity index is 1.64. The number of urea groups is 1. The molecule has 1 aliphatic heterocycles. The van der Waals surface area contributed by atoms with Crippen LogP contribution in [0.15, 0.2) is 42.7 Å². The number of amides is 2. The molecule has 6 heteroatoms. The highest BCUT2D eigenvalue weighted by atomic mass is 16.5. The summed E-state index contributed by atoms with van der Waals surface area (Å²) < 4.78 is 5.95. The van der Waals surface area contributed by atoms with Crippen molar-refractivity contribution in [1.29, 1.82) is 0 Å². The predicted octanol–water partition coefficient (Wildman–Crippen LogP) is 4.31. The van der Waals surface area contributed by atoms with Crippen LogP contribution >= 0.6 is 0 Å². The number of carbonyl (C=O) groups is 1. The molecular weight excluding hydrogens is 352 g/mol. The minimum absolute atomic E-state index is 0.0755. The van der Waals surface area contributed by atoms with Crippen molar-refractivity contribution in [3.63, 3.8) is 0 Å². The molecule has 150 valence electrons. The summed E-state index contributed by atoms with van der Waals surface area (Å²) in [6.45, 7) is 9.35. The Bertz CT molecular complexity index is 796. The maximum absolute atomic E-state index is 12.9. The molecular formula is C22H30N4O2. The average molecular weight is 383 g/mol. The fourth-order valence-corrected chi connectivity index (χ4v) is 3.35. The van der Waals surface area contributed by atoms with E-state index < -0.39 is 0 Å². The van der Waals surface area contributed by atoms with E-state index in [0.717, 1.165) is 43.7 Å². The normalized spacial score (nSPS) is 15.7. The lowest BCUT2D eigenvalue weighted by atomic mass is 10.2. The molecule has 28 heavy (non-hydrogen) atoms. The molecule has 2 heterocycles. The molecule has 1 fully saturated rings. The zero-order chi connectivity index (χ0) is 19.9. The maximum Gasteiger partial charge on any atom is 0.322 e. The first-order chi connectivity index (χ1) is 13.6. The standard InChI is InChI=1S/C22H30N4O2/c1-4-18(3)28-21-9-6-5-8-19(21)24-22(27)26-13-7-12-25(14-15-26)20-10-11-23-16-17(20)2/h5-6,8-11,16,18H,4,7,12-15H2,1-3H3,(H,24,27). The number of hydrogen-bond acceptors (Lipinski definition) is 4. The molecule has 1 saturated heterocycles. The van der Waals surface area contributed by atoms with Crippen LogP contribution in [0, 0.1) is 6.92 Å². The molecule has 6 nitrogen and oxygen atoms in total. The van der Waals surface area contributed by atoms with Gasteiger partial charge in [0.05, 0.1) is 11.8 Å². The molecule has 1 aliphatic rings. The molecule has 1 atom stereocenters. The smallest absolute Gasteiger partial charge is 0.322 e. The number of para-hydroxylation sites is 2. The molecule has 0 spiro atoms. The van der Waals surface area contributed by atoms with E-state index in [2.05, 4.69) is 29.0 Å². The molecule has 1 aromatic heterocycles. The van der Waals surface area contributed by atoms with Gasteiger partial charge in [-0.3, -0.25) is 4.98 Å². The van der Waals surface area contributed by atoms with Crippen molar-refractivity contribution in [2.45, 2.75) is 39.7 Å². The summed E-state index contributed by atoms with van der Waals surface area (Å²) in [6.07, 6.45) is 5.66. The number of benzene rings is 1. The van der Waals surface area contributed by atoms with Crippen LogP contribution < -0.4 is 15.0 Å². The molecule has 0 bridgehead atoms. The second-order valence-electron chi connectivity index (χ2n) is 7.25. The van der Waals surface area contributed by atoms with Gasteiger partial charge >= 0.3 is 6.03 Å². The predicted molar refractivity (Wildman–Crippen MR) is 113 cm³/mol. The summed E-state index contributed by atoms with van der Waals surface area (Å²) in [6, 6.07) is 9.60. The number of aryl methyl sites for hydroxylation is 1. The number of pyridine rings is 1. The quantitative estimate of drug-likeness (QED) is 0.837. The van der Waals surface area contributed by atoms with Crippen LogP contribution in [0.1, 0.15) is 32.3 Å². The molecule has 0 aliphatic carbocycles. The van der Waals surface area contributed by atoms with Crippen molar-refractivity contribution in [1.82, 2.24) is 9.88 Å². The third-order valence-corrected chi connectivity index (χ3v) is 5.15. The number of anilines is 2. The number of nitrogens with zero attached hydrogens (tertiary/aromatic N) is 3. The highest BCUT2D eigenvalue weighted by Crippen LogP contribution is 2.26. The molecule has 2 aromatic rings. The molecule has 0 radical (unpaired) electrons. The summed E-state index contributed by atoms with van der Waals surface area (Å²) in [5.74, 6) is 0.717. The zero-order valence-electron chi connectivity index (χ0n) is 17.0. The van der Waals surface area contributed by atoms with E-state index in [9.17, 15) is 4.79 Å². The molecule has 3 rings (SSSR count). The van der Waals surface area contributed by atoms with Crippen molar-refractivity contribution in [3.05, 3.63) is 48.3 Å². The Morgan fingerprint density at radius 3 is 2.82 bits per heavy atom. The largest absolute Gasteiger partial charge is 0.489 e. The number of rotatable bonds is 5. The van der Waals surface area contributed by atoms with Crippen molar-refractivity contribution >= 4 is 17.4 Å². The molecule has 2 amide bonds. The number of aromatic nitrogens is 1. The highest BCUT2D eigenvalue weighted by molar-refractivity contribution is 5.91. The van der Waals surface area contributed by atoms with Gasteiger partial charge in [0.2, 0.25) is 0 Å². The monoisotopic (exact) mass is 382 g/mol. The van der Waals surface area contributed by atoms with Gasteiger partial charge in [-0.15, -0.1) is 0 Å². The lowest BCUT2D eigenvalue weighted by molar-refractivity contribution is 0.212. The van der Waals surface area contributed by atoms with Gasteiger partial charge in [0, 0.05) is 44.3 Å². The molecule has 1 unspecified atom stereocenters. The SMILES string of the molecule is CCC(C)Oc1ccccc1NC(=O)N1CCCN(c2ccncc2C)CC1. The topological polar surface area (TPSA) is 57.7 Å². The van der Waals surface area contributed by atoms with E-state index in [-0.39, 0.29) is 12.1 Å². The average Bonchev–Trinajstić information content (AvgIpc) is 2.96. The Hall–Kier alpha value is -2.76. The second kappa shape index (κ2) is 9.44. The fraction of sp³-hybridized carbons (Fsp3) is 0.455. The molecule has 1 aromatic carbocycles. The Labute approximate surface area is 167 Å². The van der Waals surface area contributed by atoms with Crippen LogP contribution in [-0.4, -0.2) is 48.2 Å². The summed E-state index contributed by atoms with van der Waals surface area (Å²) in [5.41, 5.74) is 3.08. The van der Waals surface area contributed by atoms with Gasteiger partial charge in [-0.05, 0) is 50.5 Å². The highest BCUT2D eigenvalue weighted by Gasteiger charge is 2.21. The van der Waals surface area contributed by atoms with Gasteiger partial charge in [0.25, 0.3) is 0 Å². The summed E-state index contributed by atoms with van der Waals surface area (Å²) in [7, 11) is 0.